The highest BCUT2D eigenvalue weighted by atomic mass is 14.2. The van der Waals surface area contributed by atoms with Gasteiger partial charge in [0.05, 0.1) is 0 Å². The molecular weight excluding hydrogens is 216 g/mol. The second kappa shape index (κ2) is 3.46. The lowest BCUT2D eigenvalue weighted by molar-refractivity contribution is 1.16. The van der Waals surface area contributed by atoms with Gasteiger partial charge in [-0.15, -0.1) is 0 Å². The minimum Gasteiger partial charge on any atom is -0.0616 e. The van der Waals surface area contributed by atoms with Gasteiger partial charge in [-0.25, -0.2) is 0 Å². The molecule has 4 rings (SSSR count). The average molecular weight is 230 g/mol. The van der Waals surface area contributed by atoms with Crippen molar-refractivity contribution >= 4 is 10.8 Å². The van der Waals surface area contributed by atoms with Crippen LogP contribution in [0.2, 0.25) is 0 Å². The van der Waals surface area contributed by atoms with E-state index in [4.69, 9.17) is 0 Å². The van der Waals surface area contributed by atoms with Gasteiger partial charge in [0.2, 0.25) is 0 Å². The number of fused-ring (bicyclic) bond motifs is 3. The largest absolute Gasteiger partial charge is 0.0616 e. The summed E-state index contributed by atoms with van der Waals surface area (Å²) in [6.45, 7) is 2.23. The van der Waals surface area contributed by atoms with Crippen LogP contribution in [-0.4, -0.2) is 0 Å². The molecule has 0 amide bonds. The fraction of sp³-hybridized carbons (Fsp3) is 0.111. The SMILES string of the molecule is CCc1ccc2c3c(cccc13)-c1ccccc1-2. The van der Waals surface area contributed by atoms with Crippen LogP contribution in [-0.2, 0) is 6.42 Å². The molecule has 0 saturated heterocycles. The zero-order valence-corrected chi connectivity index (χ0v) is 10.4. The van der Waals surface area contributed by atoms with E-state index in [0.29, 0.717) is 0 Å². The molecule has 0 heterocycles. The van der Waals surface area contributed by atoms with Gasteiger partial charge in [0, 0.05) is 0 Å². The fourth-order valence-electron chi connectivity index (χ4n) is 3.18. The van der Waals surface area contributed by atoms with Gasteiger partial charge >= 0.3 is 0 Å². The molecule has 1 aliphatic rings. The van der Waals surface area contributed by atoms with Crippen LogP contribution in [0.1, 0.15) is 12.5 Å². The Labute approximate surface area is 107 Å². The molecule has 0 atom stereocenters. The fourth-order valence-corrected chi connectivity index (χ4v) is 3.18. The number of aryl methyl sites for hydroxylation is 1. The lowest BCUT2D eigenvalue weighted by Gasteiger charge is -2.06. The molecule has 3 aromatic carbocycles. The molecule has 86 valence electrons. The van der Waals surface area contributed by atoms with E-state index < -0.39 is 0 Å². The first-order chi connectivity index (χ1) is 8.90. The van der Waals surface area contributed by atoms with Gasteiger partial charge in [0.25, 0.3) is 0 Å². The van der Waals surface area contributed by atoms with E-state index >= 15 is 0 Å². The predicted molar refractivity (Wildman–Crippen MR) is 77.8 cm³/mol. The van der Waals surface area contributed by atoms with Crippen LogP contribution in [0.5, 0.6) is 0 Å². The summed E-state index contributed by atoms with van der Waals surface area (Å²) in [5.41, 5.74) is 7.00. The molecule has 0 spiro atoms. The molecule has 18 heavy (non-hydrogen) atoms. The number of rotatable bonds is 1. The predicted octanol–water partition coefficient (Wildman–Crippen LogP) is 5.05. The Balaban J connectivity index is 2.23. The Hall–Kier alpha value is -2.08. The molecule has 0 nitrogen and oxygen atoms in total. The first-order valence-corrected chi connectivity index (χ1v) is 6.54. The first kappa shape index (κ1) is 9.90. The summed E-state index contributed by atoms with van der Waals surface area (Å²) in [6.07, 6.45) is 1.09. The molecule has 0 saturated carbocycles. The summed E-state index contributed by atoms with van der Waals surface area (Å²) in [6, 6.07) is 20.0. The topological polar surface area (TPSA) is 0 Å². The monoisotopic (exact) mass is 230 g/mol. The molecule has 0 heteroatoms. The summed E-state index contributed by atoms with van der Waals surface area (Å²) in [5.74, 6) is 0. The van der Waals surface area contributed by atoms with Crippen LogP contribution in [0.3, 0.4) is 0 Å². The van der Waals surface area contributed by atoms with Gasteiger partial charge in [0.15, 0.2) is 0 Å². The van der Waals surface area contributed by atoms with Gasteiger partial charge < -0.3 is 0 Å². The standard InChI is InChI=1S/C18H14/c1-2-12-10-11-17-15-7-4-3-6-14(15)16-9-5-8-13(12)18(16)17/h3-11H,2H2,1H3. The summed E-state index contributed by atoms with van der Waals surface area (Å²) in [5, 5.41) is 2.86. The maximum absolute atomic E-state index is 2.29. The van der Waals surface area contributed by atoms with Gasteiger partial charge in [0.1, 0.15) is 0 Å². The summed E-state index contributed by atoms with van der Waals surface area (Å²) in [7, 11) is 0. The first-order valence-electron chi connectivity index (χ1n) is 6.54. The zero-order chi connectivity index (χ0) is 12.1. The third kappa shape index (κ3) is 1.10. The average Bonchev–Trinajstić information content (AvgIpc) is 2.77. The van der Waals surface area contributed by atoms with Crippen LogP contribution in [0.25, 0.3) is 33.0 Å². The highest BCUT2D eigenvalue weighted by Crippen LogP contribution is 2.47. The van der Waals surface area contributed by atoms with Crippen molar-refractivity contribution in [3.8, 4) is 22.3 Å². The minimum absolute atomic E-state index is 1.09. The van der Waals surface area contributed by atoms with Crippen LogP contribution >= 0.6 is 0 Å². The Kier molecular flexibility index (Phi) is 1.90. The summed E-state index contributed by atoms with van der Waals surface area (Å²) < 4.78 is 0. The van der Waals surface area contributed by atoms with E-state index in [0.717, 1.165) is 6.42 Å². The molecule has 0 unspecified atom stereocenters. The van der Waals surface area contributed by atoms with E-state index in [1.54, 1.807) is 0 Å². The number of hydrogen-bond acceptors (Lipinski definition) is 0. The van der Waals surface area contributed by atoms with Gasteiger partial charge in [-0.05, 0) is 45.0 Å². The van der Waals surface area contributed by atoms with Crippen molar-refractivity contribution < 1.29 is 0 Å². The second-order valence-corrected chi connectivity index (χ2v) is 4.90. The second-order valence-electron chi connectivity index (χ2n) is 4.90. The molecular formula is C18H14. The molecule has 3 aromatic rings. The maximum Gasteiger partial charge on any atom is -0.00236 e. The van der Waals surface area contributed by atoms with Crippen LogP contribution in [0.4, 0.5) is 0 Å². The Morgan fingerprint density at radius 3 is 2.06 bits per heavy atom. The van der Waals surface area contributed by atoms with E-state index in [9.17, 15) is 0 Å². The normalized spacial score (nSPS) is 11.8. The van der Waals surface area contributed by atoms with Crippen molar-refractivity contribution in [2.24, 2.45) is 0 Å². The van der Waals surface area contributed by atoms with E-state index in [1.807, 2.05) is 0 Å². The van der Waals surface area contributed by atoms with E-state index in [1.165, 1.54) is 38.6 Å². The van der Waals surface area contributed by atoms with Gasteiger partial charge in [-0.3, -0.25) is 0 Å². The highest BCUT2D eigenvalue weighted by molar-refractivity contribution is 6.15. The third-order valence-electron chi connectivity index (χ3n) is 4.02. The maximum atomic E-state index is 2.29. The van der Waals surface area contributed by atoms with Gasteiger partial charge in [-0.1, -0.05) is 61.5 Å². The van der Waals surface area contributed by atoms with E-state index in [-0.39, 0.29) is 0 Å². The molecule has 0 aromatic heterocycles. The highest BCUT2D eigenvalue weighted by Gasteiger charge is 2.20. The van der Waals surface area contributed by atoms with E-state index in [2.05, 4.69) is 61.5 Å². The molecule has 0 N–H and O–H groups in total. The van der Waals surface area contributed by atoms with Crippen molar-refractivity contribution in [2.45, 2.75) is 13.3 Å². The van der Waals surface area contributed by atoms with Crippen molar-refractivity contribution in [1.82, 2.24) is 0 Å². The van der Waals surface area contributed by atoms with Crippen molar-refractivity contribution in [2.75, 3.05) is 0 Å². The Morgan fingerprint density at radius 1 is 0.667 bits per heavy atom. The van der Waals surface area contributed by atoms with Gasteiger partial charge in [-0.2, -0.15) is 0 Å². The lowest BCUT2D eigenvalue weighted by Crippen LogP contribution is -1.84. The molecule has 0 fully saturated rings. The summed E-state index contributed by atoms with van der Waals surface area (Å²) in [4.78, 5) is 0. The smallest absolute Gasteiger partial charge is 0.00236 e. The Morgan fingerprint density at radius 2 is 1.33 bits per heavy atom. The number of hydrogen-bond donors (Lipinski definition) is 0. The third-order valence-corrected chi connectivity index (χ3v) is 4.02. The van der Waals surface area contributed by atoms with Crippen LogP contribution < -0.4 is 0 Å². The molecule has 0 aliphatic heterocycles. The minimum atomic E-state index is 1.09. The molecule has 0 bridgehead atoms. The van der Waals surface area contributed by atoms with Crippen LogP contribution in [0.15, 0.2) is 54.6 Å². The van der Waals surface area contributed by atoms with Crippen molar-refractivity contribution in [1.29, 1.82) is 0 Å². The quantitative estimate of drug-likeness (QED) is 0.429. The van der Waals surface area contributed by atoms with Crippen molar-refractivity contribution in [3.05, 3.63) is 60.2 Å². The van der Waals surface area contributed by atoms with Crippen LogP contribution in [0, 0.1) is 0 Å². The lowest BCUT2D eigenvalue weighted by atomic mass is 9.97. The van der Waals surface area contributed by atoms with Crippen molar-refractivity contribution in [3.63, 3.8) is 0 Å². The molecule has 0 radical (unpaired) electrons. The number of benzene rings is 3. The zero-order valence-electron chi connectivity index (χ0n) is 10.4. The Bertz CT molecular complexity index is 737. The molecule has 1 aliphatic carbocycles. The summed E-state index contributed by atoms with van der Waals surface area (Å²) >= 11 is 0.